The minimum absolute atomic E-state index is 0.0333. The van der Waals surface area contributed by atoms with Crippen molar-refractivity contribution in [2.45, 2.75) is 24.8 Å². The summed E-state index contributed by atoms with van der Waals surface area (Å²) in [4.78, 5) is 25.6. The van der Waals surface area contributed by atoms with Crippen LogP contribution in [0.4, 0.5) is 11.4 Å². The molecule has 0 aliphatic carbocycles. The molecule has 0 aliphatic heterocycles. The van der Waals surface area contributed by atoms with E-state index in [0.29, 0.717) is 23.6 Å². The highest BCUT2D eigenvalue weighted by molar-refractivity contribution is 7.90. The molecule has 0 heterocycles. The van der Waals surface area contributed by atoms with E-state index in [0.717, 1.165) is 11.8 Å². The van der Waals surface area contributed by atoms with Crippen LogP contribution >= 0.6 is 0 Å². The van der Waals surface area contributed by atoms with Gasteiger partial charge in [0, 0.05) is 12.3 Å². The normalized spacial score (nSPS) is 11.9. The summed E-state index contributed by atoms with van der Waals surface area (Å²) in [5.41, 5.74) is 1.92. The maximum atomic E-state index is 12.9. The number of rotatable bonds is 10. The van der Waals surface area contributed by atoms with E-state index in [1.807, 2.05) is 37.3 Å². The van der Waals surface area contributed by atoms with E-state index in [9.17, 15) is 18.0 Å². The molecule has 3 rings (SSSR count). The van der Waals surface area contributed by atoms with E-state index in [-0.39, 0.29) is 29.1 Å². The third kappa shape index (κ3) is 7.07. The summed E-state index contributed by atoms with van der Waals surface area (Å²) in [6, 6.07) is 20.7. The highest BCUT2D eigenvalue weighted by Gasteiger charge is 2.18. The lowest BCUT2D eigenvalue weighted by molar-refractivity contribution is -0.114. The first-order valence-electron chi connectivity index (χ1n) is 11.1. The second-order valence-corrected chi connectivity index (χ2v) is 9.90. The number of carbonyl (C=O) groups excluding carboxylic acids is 2. The van der Waals surface area contributed by atoms with Gasteiger partial charge >= 0.3 is 0 Å². The molecule has 8 nitrogen and oxygen atoms in total. The molecule has 0 saturated heterocycles. The van der Waals surface area contributed by atoms with Crippen LogP contribution in [0, 0.1) is 0 Å². The Morgan fingerprint density at radius 1 is 0.943 bits per heavy atom. The number of hydrogen-bond donors (Lipinski definition) is 3. The van der Waals surface area contributed by atoms with E-state index in [4.69, 9.17) is 4.74 Å². The predicted octanol–water partition coefficient (Wildman–Crippen LogP) is 4.03. The zero-order valence-corrected chi connectivity index (χ0v) is 20.7. The molecule has 0 radical (unpaired) electrons. The predicted molar refractivity (Wildman–Crippen MR) is 137 cm³/mol. The van der Waals surface area contributed by atoms with E-state index in [1.54, 1.807) is 43.3 Å². The van der Waals surface area contributed by atoms with Gasteiger partial charge in [0.15, 0.2) is 9.84 Å². The van der Waals surface area contributed by atoms with Gasteiger partial charge in [0.2, 0.25) is 5.91 Å². The van der Waals surface area contributed by atoms with E-state index < -0.39 is 15.7 Å². The van der Waals surface area contributed by atoms with Gasteiger partial charge < -0.3 is 20.7 Å². The Morgan fingerprint density at radius 2 is 1.63 bits per heavy atom. The molecule has 0 fully saturated rings. The SMILES string of the molecule is CCOc1ccc(NCC(=O)Nc2ccccc2C(=O)NC(C)c2ccccc2)c(S(C)(=O)=O)c1. The van der Waals surface area contributed by atoms with Gasteiger partial charge in [-0.2, -0.15) is 0 Å². The first kappa shape index (κ1) is 25.8. The summed E-state index contributed by atoms with van der Waals surface area (Å²) < 4.78 is 29.8. The Labute approximate surface area is 205 Å². The molecule has 3 N–H and O–H groups in total. The molecule has 1 unspecified atom stereocenters. The van der Waals surface area contributed by atoms with Gasteiger partial charge in [-0.3, -0.25) is 9.59 Å². The molecule has 0 aromatic heterocycles. The lowest BCUT2D eigenvalue weighted by Gasteiger charge is -2.17. The van der Waals surface area contributed by atoms with Gasteiger partial charge in [-0.25, -0.2) is 8.42 Å². The maximum absolute atomic E-state index is 12.9. The van der Waals surface area contributed by atoms with Crippen LogP contribution < -0.4 is 20.7 Å². The number of hydrogen-bond acceptors (Lipinski definition) is 6. The Hall–Kier alpha value is -3.85. The van der Waals surface area contributed by atoms with Crippen molar-refractivity contribution in [1.29, 1.82) is 0 Å². The second kappa shape index (κ2) is 11.5. The van der Waals surface area contributed by atoms with Crippen LogP contribution in [-0.2, 0) is 14.6 Å². The summed E-state index contributed by atoms with van der Waals surface area (Å²) in [5.74, 6) is -0.335. The zero-order valence-electron chi connectivity index (χ0n) is 19.9. The van der Waals surface area contributed by atoms with Gasteiger partial charge in [0.05, 0.1) is 41.0 Å². The molecular weight excluding hydrogens is 466 g/mol. The molecule has 2 amide bonds. The minimum atomic E-state index is -3.56. The third-order valence-corrected chi connectivity index (χ3v) is 6.33. The van der Waals surface area contributed by atoms with Crippen LogP contribution in [0.1, 0.15) is 35.8 Å². The van der Waals surface area contributed by atoms with Crippen molar-refractivity contribution in [2.24, 2.45) is 0 Å². The Balaban J connectivity index is 1.69. The van der Waals surface area contributed by atoms with Gasteiger partial charge in [0.1, 0.15) is 5.75 Å². The topological polar surface area (TPSA) is 114 Å². The van der Waals surface area contributed by atoms with Gasteiger partial charge in [-0.05, 0) is 43.7 Å². The Kier molecular flexibility index (Phi) is 8.48. The fraction of sp³-hybridized carbons (Fsp3) is 0.231. The first-order chi connectivity index (χ1) is 16.7. The van der Waals surface area contributed by atoms with Crippen molar-refractivity contribution in [3.63, 3.8) is 0 Å². The number of benzene rings is 3. The number of ether oxygens (including phenoxy) is 1. The lowest BCUT2D eigenvalue weighted by Crippen LogP contribution is -2.29. The maximum Gasteiger partial charge on any atom is 0.253 e. The first-order valence-corrected chi connectivity index (χ1v) is 13.0. The number of amides is 2. The minimum Gasteiger partial charge on any atom is -0.494 e. The molecule has 0 aliphatic rings. The number of anilines is 2. The average Bonchev–Trinajstić information content (AvgIpc) is 2.83. The fourth-order valence-electron chi connectivity index (χ4n) is 3.47. The van der Waals surface area contributed by atoms with Crippen molar-refractivity contribution in [3.8, 4) is 5.75 Å². The van der Waals surface area contributed by atoms with Gasteiger partial charge in [-0.15, -0.1) is 0 Å². The van der Waals surface area contributed by atoms with Crippen molar-refractivity contribution >= 4 is 33.0 Å². The van der Waals surface area contributed by atoms with Crippen molar-refractivity contribution < 1.29 is 22.7 Å². The quantitative estimate of drug-likeness (QED) is 0.391. The van der Waals surface area contributed by atoms with E-state index in [2.05, 4.69) is 16.0 Å². The molecule has 184 valence electrons. The number of carbonyl (C=O) groups is 2. The van der Waals surface area contributed by atoms with Crippen LogP contribution in [0.25, 0.3) is 0 Å². The van der Waals surface area contributed by atoms with Crippen LogP contribution in [0.15, 0.2) is 77.7 Å². The van der Waals surface area contributed by atoms with Gasteiger partial charge in [0.25, 0.3) is 5.91 Å². The standard InChI is InChI=1S/C26H29N3O5S/c1-4-34-20-14-15-23(24(16-20)35(3,32)33)27-17-25(30)29-22-13-9-8-12-21(22)26(31)28-18(2)19-10-6-5-7-11-19/h5-16,18,27H,4,17H2,1-3H3,(H,28,31)(H,29,30). The fourth-order valence-corrected chi connectivity index (χ4v) is 4.34. The third-order valence-electron chi connectivity index (χ3n) is 5.20. The second-order valence-electron chi connectivity index (χ2n) is 7.92. The summed E-state index contributed by atoms with van der Waals surface area (Å²) in [5, 5.41) is 8.53. The van der Waals surface area contributed by atoms with Crippen LogP contribution in [0.2, 0.25) is 0 Å². The van der Waals surface area contributed by atoms with Crippen LogP contribution in [0.5, 0.6) is 5.75 Å². The van der Waals surface area contributed by atoms with E-state index >= 15 is 0 Å². The molecule has 9 heteroatoms. The lowest BCUT2D eigenvalue weighted by atomic mass is 10.1. The smallest absolute Gasteiger partial charge is 0.253 e. The Bertz CT molecular complexity index is 1290. The summed E-state index contributed by atoms with van der Waals surface area (Å²) in [6.45, 7) is 3.88. The van der Waals surface area contributed by atoms with Gasteiger partial charge in [-0.1, -0.05) is 42.5 Å². The molecule has 3 aromatic rings. The van der Waals surface area contributed by atoms with Crippen molar-refractivity contribution in [3.05, 3.63) is 83.9 Å². The molecule has 3 aromatic carbocycles. The highest BCUT2D eigenvalue weighted by Crippen LogP contribution is 2.26. The molecule has 35 heavy (non-hydrogen) atoms. The summed E-state index contributed by atoms with van der Waals surface area (Å²) in [6.07, 6.45) is 1.09. The monoisotopic (exact) mass is 495 g/mol. The Morgan fingerprint density at radius 3 is 2.31 bits per heavy atom. The average molecular weight is 496 g/mol. The number of nitrogens with one attached hydrogen (secondary N) is 3. The molecule has 1 atom stereocenters. The molecule has 0 bridgehead atoms. The molecule has 0 spiro atoms. The van der Waals surface area contributed by atoms with Crippen molar-refractivity contribution in [2.75, 3.05) is 30.0 Å². The zero-order chi connectivity index (χ0) is 25.4. The number of sulfone groups is 1. The van der Waals surface area contributed by atoms with E-state index in [1.165, 1.54) is 6.07 Å². The molecular formula is C26H29N3O5S. The van der Waals surface area contributed by atoms with Crippen LogP contribution in [-0.4, -0.2) is 39.6 Å². The largest absolute Gasteiger partial charge is 0.494 e. The molecule has 0 saturated carbocycles. The van der Waals surface area contributed by atoms with Crippen LogP contribution in [0.3, 0.4) is 0 Å². The van der Waals surface area contributed by atoms with Crippen molar-refractivity contribution in [1.82, 2.24) is 5.32 Å². The number of para-hydroxylation sites is 1. The highest BCUT2D eigenvalue weighted by atomic mass is 32.2. The summed E-state index contributed by atoms with van der Waals surface area (Å²) in [7, 11) is -3.56. The summed E-state index contributed by atoms with van der Waals surface area (Å²) >= 11 is 0.